The van der Waals surface area contributed by atoms with Crippen LogP contribution in [0.3, 0.4) is 0 Å². The molecule has 0 aliphatic heterocycles. The van der Waals surface area contributed by atoms with Crippen molar-refractivity contribution in [3.8, 4) is 11.5 Å². The highest BCUT2D eigenvalue weighted by molar-refractivity contribution is 7.13. The van der Waals surface area contributed by atoms with E-state index in [0.717, 1.165) is 12.1 Å². The summed E-state index contributed by atoms with van der Waals surface area (Å²) in [7, 11) is 0. The largest absolute Gasteiger partial charge is 0.490 e. The Labute approximate surface area is 156 Å². The zero-order valence-electron chi connectivity index (χ0n) is 15.0. The van der Waals surface area contributed by atoms with E-state index in [1.54, 1.807) is 18.2 Å². The molecule has 0 spiro atoms. The van der Waals surface area contributed by atoms with E-state index in [1.807, 2.05) is 26.2 Å². The molecule has 1 heterocycles. The molecule has 0 bridgehead atoms. The molecular weight excluding hydrogens is 356 g/mol. The third-order valence-corrected chi connectivity index (χ3v) is 4.02. The average Bonchev–Trinajstić information content (AvgIpc) is 3.03. The first-order valence-electron chi connectivity index (χ1n) is 8.32. The molecule has 26 heavy (non-hydrogen) atoms. The molecule has 1 N–H and O–H groups in total. The molecule has 0 radical (unpaired) electrons. The number of hydrogen-bond acceptors (Lipinski definition) is 7. The molecule has 8 heteroatoms. The van der Waals surface area contributed by atoms with Crippen molar-refractivity contribution in [3.05, 3.63) is 34.8 Å². The lowest BCUT2D eigenvalue weighted by molar-refractivity contribution is -0.119. The molecule has 1 aromatic carbocycles. The summed E-state index contributed by atoms with van der Waals surface area (Å²) in [6, 6.07) is 4.80. The maximum atomic E-state index is 12.2. The van der Waals surface area contributed by atoms with Gasteiger partial charge in [-0.05, 0) is 38.5 Å². The second-order valence-electron chi connectivity index (χ2n) is 5.36. The monoisotopic (exact) mass is 378 g/mol. The zero-order chi connectivity index (χ0) is 18.9. The third kappa shape index (κ3) is 5.73. The molecule has 2 rings (SSSR count). The Morgan fingerprint density at radius 1 is 1.19 bits per heavy atom. The zero-order valence-corrected chi connectivity index (χ0v) is 15.9. The number of aryl methyl sites for hydroxylation is 1. The van der Waals surface area contributed by atoms with E-state index in [2.05, 4.69) is 10.3 Å². The van der Waals surface area contributed by atoms with Crippen LogP contribution in [0.5, 0.6) is 11.5 Å². The number of amides is 1. The van der Waals surface area contributed by atoms with Crippen molar-refractivity contribution in [2.24, 2.45) is 0 Å². The van der Waals surface area contributed by atoms with Gasteiger partial charge in [0.05, 0.1) is 24.5 Å². The number of rotatable bonds is 9. The van der Waals surface area contributed by atoms with Gasteiger partial charge in [0.1, 0.15) is 0 Å². The van der Waals surface area contributed by atoms with Gasteiger partial charge in [-0.2, -0.15) is 0 Å². The second kappa shape index (κ2) is 9.76. The number of benzene rings is 1. The van der Waals surface area contributed by atoms with E-state index < -0.39 is 18.5 Å². The number of aromatic nitrogens is 1. The fourth-order valence-electron chi connectivity index (χ4n) is 2.02. The highest BCUT2D eigenvalue weighted by Gasteiger charge is 2.15. The Morgan fingerprint density at radius 3 is 2.65 bits per heavy atom. The van der Waals surface area contributed by atoms with Gasteiger partial charge < -0.3 is 14.2 Å². The summed E-state index contributed by atoms with van der Waals surface area (Å²) in [4.78, 5) is 28.1. The molecule has 2 aromatic rings. The van der Waals surface area contributed by atoms with Gasteiger partial charge in [0.2, 0.25) is 0 Å². The van der Waals surface area contributed by atoms with Gasteiger partial charge in [-0.15, -0.1) is 11.3 Å². The number of thiazole rings is 1. The van der Waals surface area contributed by atoms with Crippen LogP contribution < -0.4 is 14.8 Å². The molecule has 140 valence electrons. The first-order chi connectivity index (χ1) is 12.5. The predicted octanol–water partition coefficient (Wildman–Crippen LogP) is 3.43. The molecule has 0 aliphatic carbocycles. The highest BCUT2D eigenvalue weighted by atomic mass is 32.1. The lowest BCUT2D eigenvalue weighted by atomic mass is 10.2. The van der Waals surface area contributed by atoms with Crippen LogP contribution in [0.4, 0.5) is 5.13 Å². The van der Waals surface area contributed by atoms with E-state index >= 15 is 0 Å². The van der Waals surface area contributed by atoms with Crippen molar-refractivity contribution < 1.29 is 23.8 Å². The number of esters is 1. The minimum absolute atomic E-state index is 0.287. The predicted molar refractivity (Wildman–Crippen MR) is 99.2 cm³/mol. The summed E-state index contributed by atoms with van der Waals surface area (Å²) >= 11 is 1.31. The quantitative estimate of drug-likeness (QED) is 0.673. The maximum Gasteiger partial charge on any atom is 0.338 e. The Kier molecular flexibility index (Phi) is 7.40. The van der Waals surface area contributed by atoms with Crippen molar-refractivity contribution in [2.75, 3.05) is 25.1 Å². The summed E-state index contributed by atoms with van der Waals surface area (Å²) in [6.07, 6.45) is 0.864. The van der Waals surface area contributed by atoms with Crippen LogP contribution in [-0.2, 0) is 9.53 Å². The van der Waals surface area contributed by atoms with Crippen molar-refractivity contribution in [1.82, 2.24) is 4.98 Å². The number of carbonyl (C=O) groups is 2. The molecule has 0 saturated heterocycles. The summed E-state index contributed by atoms with van der Waals surface area (Å²) in [5.74, 6) is -0.0145. The summed E-state index contributed by atoms with van der Waals surface area (Å²) in [5, 5.41) is 4.87. The molecule has 0 aliphatic rings. The molecule has 0 atom stereocenters. The smallest absolute Gasteiger partial charge is 0.338 e. The number of nitrogens with one attached hydrogen (secondary N) is 1. The third-order valence-electron chi connectivity index (χ3n) is 3.14. The lowest BCUT2D eigenvalue weighted by Crippen LogP contribution is -2.20. The Morgan fingerprint density at radius 2 is 2.00 bits per heavy atom. The van der Waals surface area contributed by atoms with Gasteiger partial charge in [0.25, 0.3) is 5.91 Å². The van der Waals surface area contributed by atoms with Crippen LogP contribution >= 0.6 is 11.3 Å². The van der Waals surface area contributed by atoms with Crippen LogP contribution in [0.2, 0.25) is 0 Å². The molecule has 0 unspecified atom stereocenters. The molecule has 1 aromatic heterocycles. The normalized spacial score (nSPS) is 10.3. The summed E-state index contributed by atoms with van der Waals surface area (Å²) < 4.78 is 16.2. The van der Waals surface area contributed by atoms with Crippen LogP contribution in [-0.4, -0.2) is 36.7 Å². The van der Waals surface area contributed by atoms with Crippen molar-refractivity contribution in [3.63, 3.8) is 0 Å². The SMILES string of the molecule is CCCOc1ccc(C(=O)OCC(=O)Nc2nc(C)cs2)cc1OCC. The lowest BCUT2D eigenvalue weighted by Gasteiger charge is -2.12. The fourth-order valence-corrected chi connectivity index (χ4v) is 2.72. The number of carbonyl (C=O) groups excluding carboxylic acids is 2. The molecule has 0 fully saturated rings. The van der Waals surface area contributed by atoms with Gasteiger partial charge in [-0.1, -0.05) is 6.92 Å². The standard InChI is InChI=1S/C18H22N2O5S/c1-4-8-24-14-7-6-13(9-15(14)23-5-2)17(22)25-10-16(21)20-18-19-12(3)11-26-18/h6-7,9,11H,4-5,8,10H2,1-3H3,(H,19,20,21). The van der Waals surface area contributed by atoms with Crippen LogP contribution in [0.15, 0.2) is 23.6 Å². The first kappa shape index (κ1) is 19.7. The van der Waals surface area contributed by atoms with Gasteiger partial charge in [-0.3, -0.25) is 10.1 Å². The van der Waals surface area contributed by atoms with E-state index in [9.17, 15) is 9.59 Å². The van der Waals surface area contributed by atoms with E-state index in [1.165, 1.54) is 11.3 Å². The Hall–Kier alpha value is -2.61. The number of anilines is 1. The molecule has 7 nitrogen and oxygen atoms in total. The number of nitrogens with zero attached hydrogens (tertiary/aromatic N) is 1. The van der Waals surface area contributed by atoms with Crippen LogP contribution in [0.25, 0.3) is 0 Å². The van der Waals surface area contributed by atoms with Gasteiger partial charge >= 0.3 is 5.97 Å². The van der Waals surface area contributed by atoms with Crippen molar-refractivity contribution in [1.29, 1.82) is 0 Å². The van der Waals surface area contributed by atoms with Crippen LogP contribution in [0.1, 0.15) is 36.3 Å². The number of hydrogen-bond donors (Lipinski definition) is 1. The van der Waals surface area contributed by atoms with E-state index in [0.29, 0.717) is 29.8 Å². The van der Waals surface area contributed by atoms with Crippen LogP contribution in [0, 0.1) is 6.92 Å². The molecule has 0 saturated carbocycles. The first-order valence-corrected chi connectivity index (χ1v) is 9.20. The van der Waals surface area contributed by atoms with E-state index in [-0.39, 0.29) is 5.56 Å². The second-order valence-corrected chi connectivity index (χ2v) is 6.22. The minimum atomic E-state index is -0.613. The van der Waals surface area contributed by atoms with Gasteiger partial charge in [0.15, 0.2) is 23.2 Å². The Bertz CT molecular complexity index is 760. The van der Waals surface area contributed by atoms with Crippen molar-refractivity contribution >= 4 is 28.3 Å². The summed E-state index contributed by atoms with van der Waals surface area (Å²) in [5.41, 5.74) is 1.10. The summed E-state index contributed by atoms with van der Waals surface area (Å²) in [6.45, 7) is 6.28. The topological polar surface area (TPSA) is 86.8 Å². The van der Waals surface area contributed by atoms with Crippen molar-refractivity contribution in [2.45, 2.75) is 27.2 Å². The highest BCUT2D eigenvalue weighted by Crippen LogP contribution is 2.29. The number of ether oxygens (including phenoxy) is 3. The minimum Gasteiger partial charge on any atom is -0.490 e. The Balaban J connectivity index is 1.95. The fraction of sp³-hybridized carbons (Fsp3) is 0.389. The van der Waals surface area contributed by atoms with Gasteiger partial charge in [0, 0.05) is 5.38 Å². The average molecular weight is 378 g/mol. The van der Waals surface area contributed by atoms with E-state index in [4.69, 9.17) is 14.2 Å². The molecular formula is C18H22N2O5S. The van der Waals surface area contributed by atoms with Gasteiger partial charge in [-0.25, -0.2) is 9.78 Å². The maximum absolute atomic E-state index is 12.2. The molecule has 1 amide bonds.